The van der Waals surface area contributed by atoms with Crippen LogP contribution in [0.4, 0.5) is 5.13 Å². The lowest BCUT2D eigenvalue weighted by Crippen LogP contribution is -2.58. The number of hydrogen-bond donors (Lipinski definition) is 2. The predicted molar refractivity (Wildman–Crippen MR) is 74.6 cm³/mol. The average Bonchev–Trinajstić information content (AvgIpc) is 3.17. The lowest BCUT2D eigenvalue weighted by molar-refractivity contribution is -0.122. The number of aromatic nitrogens is 2. The number of rotatable bonds is 4. The standard InChI is InChI=1S/C12H19N5OS/c1-2-14-11(18)9-7-13-5-6-17(9)12-15-10(16-19-12)8-3-4-8/h8-9,13H,2-7H2,1H3,(H,14,18). The zero-order valence-electron chi connectivity index (χ0n) is 11.1. The number of hydrogen-bond acceptors (Lipinski definition) is 6. The lowest BCUT2D eigenvalue weighted by Gasteiger charge is -2.34. The van der Waals surface area contributed by atoms with Crippen molar-refractivity contribution in [3.05, 3.63) is 5.82 Å². The molecule has 1 aliphatic heterocycles. The second kappa shape index (κ2) is 5.42. The molecular weight excluding hydrogens is 262 g/mol. The second-order valence-corrected chi connectivity index (χ2v) is 5.75. The largest absolute Gasteiger partial charge is 0.355 e. The number of carbonyl (C=O) groups excluding carboxylic acids is 1. The highest BCUT2D eigenvalue weighted by molar-refractivity contribution is 7.09. The van der Waals surface area contributed by atoms with Gasteiger partial charge in [0.1, 0.15) is 11.9 Å². The molecule has 1 saturated carbocycles. The van der Waals surface area contributed by atoms with Crippen LogP contribution in [-0.2, 0) is 4.79 Å². The highest BCUT2D eigenvalue weighted by atomic mass is 32.1. The first-order valence-electron chi connectivity index (χ1n) is 6.88. The molecule has 2 fully saturated rings. The minimum absolute atomic E-state index is 0.0675. The molecule has 1 saturated heterocycles. The van der Waals surface area contributed by atoms with Crippen LogP contribution in [-0.4, -0.2) is 47.5 Å². The Morgan fingerprint density at radius 1 is 1.58 bits per heavy atom. The number of nitrogens with one attached hydrogen (secondary N) is 2. The van der Waals surface area contributed by atoms with Gasteiger partial charge in [0.25, 0.3) is 0 Å². The zero-order chi connectivity index (χ0) is 13.2. The van der Waals surface area contributed by atoms with E-state index in [4.69, 9.17) is 0 Å². The Hall–Kier alpha value is -1.21. The van der Waals surface area contributed by atoms with Crippen molar-refractivity contribution in [2.75, 3.05) is 31.1 Å². The van der Waals surface area contributed by atoms with Crippen LogP contribution in [0, 0.1) is 0 Å². The van der Waals surface area contributed by atoms with Crippen LogP contribution in [0.5, 0.6) is 0 Å². The van der Waals surface area contributed by atoms with Gasteiger partial charge < -0.3 is 15.5 Å². The van der Waals surface area contributed by atoms with Crippen molar-refractivity contribution in [2.24, 2.45) is 0 Å². The van der Waals surface area contributed by atoms with Gasteiger partial charge in [-0.2, -0.15) is 4.37 Å². The molecule has 1 atom stereocenters. The van der Waals surface area contributed by atoms with Crippen molar-refractivity contribution in [3.8, 4) is 0 Å². The fraction of sp³-hybridized carbons (Fsp3) is 0.750. The van der Waals surface area contributed by atoms with Crippen molar-refractivity contribution in [3.63, 3.8) is 0 Å². The highest BCUT2D eigenvalue weighted by Crippen LogP contribution is 2.39. The van der Waals surface area contributed by atoms with Gasteiger partial charge in [0, 0.05) is 43.6 Å². The summed E-state index contributed by atoms with van der Waals surface area (Å²) in [6.07, 6.45) is 2.41. The number of piperazine rings is 1. The number of carbonyl (C=O) groups is 1. The van der Waals surface area contributed by atoms with E-state index in [2.05, 4.69) is 24.9 Å². The SMILES string of the molecule is CCNC(=O)C1CNCCN1c1nc(C2CC2)ns1. The Labute approximate surface area is 116 Å². The maximum atomic E-state index is 12.1. The summed E-state index contributed by atoms with van der Waals surface area (Å²) in [7, 11) is 0. The van der Waals surface area contributed by atoms with Gasteiger partial charge in [0.15, 0.2) is 0 Å². The fourth-order valence-corrected chi connectivity index (χ4v) is 3.13. The number of anilines is 1. The molecular formula is C12H19N5OS. The molecule has 1 amide bonds. The van der Waals surface area contributed by atoms with E-state index in [0.29, 0.717) is 19.0 Å². The van der Waals surface area contributed by atoms with E-state index in [-0.39, 0.29) is 11.9 Å². The normalized spacial score (nSPS) is 23.4. The van der Waals surface area contributed by atoms with Gasteiger partial charge in [-0.1, -0.05) is 0 Å². The van der Waals surface area contributed by atoms with Crippen LogP contribution in [0.25, 0.3) is 0 Å². The molecule has 3 rings (SSSR count). The summed E-state index contributed by atoms with van der Waals surface area (Å²) in [5, 5.41) is 7.05. The van der Waals surface area contributed by atoms with E-state index >= 15 is 0 Å². The number of nitrogens with zero attached hydrogens (tertiary/aromatic N) is 3. The van der Waals surface area contributed by atoms with Crippen LogP contribution < -0.4 is 15.5 Å². The molecule has 0 spiro atoms. The van der Waals surface area contributed by atoms with Crippen LogP contribution in [0.2, 0.25) is 0 Å². The fourth-order valence-electron chi connectivity index (χ4n) is 2.31. The van der Waals surface area contributed by atoms with E-state index in [1.54, 1.807) is 0 Å². The molecule has 1 aliphatic carbocycles. The third-order valence-corrected chi connectivity index (χ3v) is 4.28. The Kier molecular flexibility index (Phi) is 3.65. The van der Waals surface area contributed by atoms with Gasteiger partial charge in [0.2, 0.25) is 11.0 Å². The lowest BCUT2D eigenvalue weighted by atomic mass is 10.2. The minimum Gasteiger partial charge on any atom is -0.355 e. The van der Waals surface area contributed by atoms with Crippen LogP contribution in [0.15, 0.2) is 0 Å². The van der Waals surface area contributed by atoms with E-state index in [1.807, 2.05) is 6.92 Å². The van der Waals surface area contributed by atoms with Gasteiger partial charge in [-0.25, -0.2) is 4.98 Å². The van der Waals surface area contributed by atoms with Gasteiger partial charge in [-0.15, -0.1) is 0 Å². The molecule has 2 aliphatic rings. The molecule has 1 unspecified atom stereocenters. The topological polar surface area (TPSA) is 70.2 Å². The Morgan fingerprint density at radius 3 is 3.16 bits per heavy atom. The summed E-state index contributed by atoms with van der Waals surface area (Å²) in [5.41, 5.74) is 0. The summed E-state index contributed by atoms with van der Waals surface area (Å²) in [5.74, 6) is 1.60. The molecule has 1 aromatic heterocycles. The third kappa shape index (κ3) is 2.71. The van der Waals surface area contributed by atoms with Crippen molar-refractivity contribution in [1.82, 2.24) is 20.0 Å². The van der Waals surface area contributed by atoms with Crippen LogP contribution in [0.3, 0.4) is 0 Å². The molecule has 7 heteroatoms. The highest BCUT2D eigenvalue weighted by Gasteiger charge is 2.33. The quantitative estimate of drug-likeness (QED) is 0.832. The molecule has 0 radical (unpaired) electrons. The third-order valence-electron chi connectivity index (χ3n) is 3.52. The maximum Gasteiger partial charge on any atom is 0.244 e. The molecule has 6 nitrogen and oxygen atoms in total. The van der Waals surface area contributed by atoms with Gasteiger partial charge >= 0.3 is 0 Å². The van der Waals surface area contributed by atoms with Crippen LogP contribution >= 0.6 is 11.5 Å². The summed E-state index contributed by atoms with van der Waals surface area (Å²) >= 11 is 1.42. The van der Waals surface area contributed by atoms with Crippen molar-refractivity contribution < 1.29 is 4.79 Å². The molecule has 19 heavy (non-hydrogen) atoms. The first-order chi connectivity index (χ1) is 9.29. The molecule has 104 valence electrons. The molecule has 2 heterocycles. The molecule has 0 aromatic carbocycles. The van der Waals surface area contributed by atoms with Crippen molar-refractivity contribution in [1.29, 1.82) is 0 Å². The van der Waals surface area contributed by atoms with Gasteiger partial charge in [0.05, 0.1) is 0 Å². The van der Waals surface area contributed by atoms with E-state index in [0.717, 1.165) is 24.0 Å². The number of likely N-dealkylation sites (N-methyl/N-ethyl adjacent to an activating group) is 1. The van der Waals surface area contributed by atoms with Crippen molar-refractivity contribution >= 4 is 22.6 Å². The van der Waals surface area contributed by atoms with E-state index in [9.17, 15) is 4.79 Å². The van der Waals surface area contributed by atoms with E-state index < -0.39 is 0 Å². The summed E-state index contributed by atoms with van der Waals surface area (Å²) in [4.78, 5) is 18.8. The first kappa shape index (κ1) is 12.8. The van der Waals surface area contributed by atoms with Gasteiger partial charge in [-0.05, 0) is 19.8 Å². The van der Waals surface area contributed by atoms with Crippen molar-refractivity contribution in [2.45, 2.75) is 31.7 Å². The van der Waals surface area contributed by atoms with Gasteiger partial charge in [-0.3, -0.25) is 4.79 Å². The molecule has 0 bridgehead atoms. The number of amides is 1. The average molecular weight is 281 g/mol. The first-order valence-corrected chi connectivity index (χ1v) is 7.65. The molecule has 2 N–H and O–H groups in total. The van der Waals surface area contributed by atoms with E-state index in [1.165, 1.54) is 24.4 Å². The van der Waals surface area contributed by atoms with Crippen LogP contribution in [0.1, 0.15) is 31.5 Å². The second-order valence-electron chi connectivity index (χ2n) is 5.02. The predicted octanol–water partition coefficient (Wildman–Crippen LogP) is 0.330. The summed E-state index contributed by atoms with van der Waals surface area (Å²) in [6, 6.07) is -0.172. The Bertz CT molecular complexity index is 459. The Balaban J connectivity index is 1.76. The Morgan fingerprint density at radius 2 is 2.42 bits per heavy atom. The summed E-state index contributed by atoms with van der Waals surface area (Å²) in [6.45, 7) is 4.96. The monoisotopic (exact) mass is 281 g/mol. The maximum absolute atomic E-state index is 12.1. The smallest absolute Gasteiger partial charge is 0.244 e. The zero-order valence-corrected chi connectivity index (χ0v) is 11.9. The summed E-state index contributed by atoms with van der Waals surface area (Å²) < 4.78 is 4.43. The molecule has 1 aromatic rings. The minimum atomic E-state index is -0.172.